The normalized spacial score (nSPS) is 11.8. The second-order valence-electron chi connectivity index (χ2n) is 11.4. The third-order valence-corrected chi connectivity index (χ3v) is 8.40. The van der Waals surface area contributed by atoms with Crippen molar-refractivity contribution in [3.05, 3.63) is 29.8 Å². The molecule has 0 aromatic heterocycles. The van der Waals surface area contributed by atoms with Crippen LogP contribution in [0, 0.1) is 6.92 Å². The van der Waals surface area contributed by atoms with Gasteiger partial charge >= 0.3 is 0 Å². The highest BCUT2D eigenvalue weighted by Gasteiger charge is 2.19. The fourth-order valence-corrected chi connectivity index (χ4v) is 5.36. The molecule has 5 nitrogen and oxygen atoms in total. The lowest BCUT2D eigenvalue weighted by atomic mass is 10.1. The van der Waals surface area contributed by atoms with Gasteiger partial charge in [-0.25, -0.2) is 8.42 Å². The summed E-state index contributed by atoms with van der Waals surface area (Å²) in [7, 11) is -1.90. The molecule has 38 heavy (non-hydrogen) atoms. The van der Waals surface area contributed by atoms with Gasteiger partial charge < -0.3 is 14.1 Å². The molecule has 0 aliphatic carbocycles. The minimum Gasteiger partial charge on any atom is -0.744 e. The number of aliphatic hydroxyl groups excluding tert-OH is 1. The van der Waals surface area contributed by atoms with Gasteiger partial charge in [0.15, 0.2) is 0 Å². The first-order valence-electron chi connectivity index (χ1n) is 15.7. The van der Waals surface area contributed by atoms with Gasteiger partial charge in [-0.2, -0.15) is 0 Å². The third kappa shape index (κ3) is 21.9. The smallest absolute Gasteiger partial charge is 0.124 e. The molecule has 0 fully saturated rings. The summed E-state index contributed by atoms with van der Waals surface area (Å²) in [5.41, 5.74) is 0.928. The maximum atomic E-state index is 10.4. The van der Waals surface area contributed by atoms with Gasteiger partial charge in [0.05, 0.1) is 31.6 Å². The van der Waals surface area contributed by atoms with Crippen LogP contribution in [0.5, 0.6) is 0 Å². The molecule has 1 aromatic rings. The molecule has 0 saturated heterocycles. The van der Waals surface area contributed by atoms with Gasteiger partial charge in [0.2, 0.25) is 0 Å². The van der Waals surface area contributed by atoms with Gasteiger partial charge in [-0.15, -0.1) is 0 Å². The number of unbranched alkanes of at least 4 members (excludes halogenated alkanes) is 16. The molecular weight excluding hydrogens is 494 g/mol. The fraction of sp³-hybridized carbons (Fsp3) is 0.812. The summed E-state index contributed by atoms with van der Waals surface area (Å²) in [6, 6.07) is 5.78. The molecule has 0 amide bonds. The zero-order valence-corrected chi connectivity index (χ0v) is 26.2. The van der Waals surface area contributed by atoms with Crippen LogP contribution in [0.1, 0.15) is 135 Å². The molecule has 1 aromatic carbocycles. The molecule has 0 heterocycles. The van der Waals surface area contributed by atoms with Crippen molar-refractivity contribution >= 4 is 10.1 Å². The Morgan fingerprint density at radius 3 is 1.29 bits per heavy atom. The van der Waals surface area contributed by atoms with Gasteiger partial charge in [0, 0.05) is 0 Å². The van der Waals surface area contributed by atoms with Gasteiger partial charge in [0.25, 0.3) is 0 Å². The van der Waals surface area contributed by atoms with E-state index in [0.29, 0.717) is 6.61 Å². The molecule has 0 aliphatic rings. The first-order chi connectivity index (χ1) is 18.2. The minimum atomic E-state index is -4.27. The molecule has 0 bridgehead atoms. The number of hydrogen-bond donors (Lipinski definition) is 1. The number of aryl methyl sites for hydroxylation is 1. The summed E-state index contributed by atoms with van der Waals surface area (Å²) in [4.78, 5) is -0.178. The van der Waals surface area contributed by atoms with Crippen molar-refractivity contribution in [3.8, 4) is 0 Å². The van der Waals surface area contributed by atoms with Crippen molar-refractivity contribution in [2.45, 2.75) is 141 Å². The van der Waals surface area contributed by atoms with E-state index in [9.17, 15) is 18.1 Å². The maximum Gasteiger partial charge on any atom is 0.124 e. The van der Waals surface area contributed by atoms with Crippen LogP contribution in [0.3, 0.4) is 0 Å². The van der Waals surface area contributed by atoms with E-state index in [0.717, 1.165) is 16.6 Å². The minimum absolute atomic E-state index is 0.178. The predicted octanol–water partition coefficient (Wildman–Crippen LogP) is 8.39. The van der Waals surface area contributed by atoms with Crippen LogP contribution in [0.15, 0.2) is 29.2 Å². The van der Waals surface area contributed by atoms with Crippen LogP contribution < -0.4 is 0 Å². The number of benzene rings is 1. The molecule has 1 N–H and O–H groups in total. The average Bonchev–Trinajstić information content (AvgIpc) is 2.87. The number of hydrogen-bond acceptors (Lipinski definition) is 4. The van der Waals surface area contributed by atoms with Crippen LogP contribution in [0.2, 0.25) is 0 Å². The van der Waals surface area contributed by atoms with E-state index in [2.05, 4.69) is 20.9 Å². The van der Waals surface area contributed by atoms with Crippen LogP contribution in [0.4, 0.5) is 0 Å². The number of aliphatic hydroxyl groups is 1. The van der Waals surface area contributed by atoms with Crippen molar-refractivity contribution in [3.63, 3.8) is 0 Å². The molecule has 0 saturated carbocycles. The lowest BCUT2D eigenvalue weighted by Gasteiger charge is -2.34. The summed E-state index contributed by atoms with van der Waals surface area (Å²) in [6.07, 6.45) is 25.2. The lowest BCUT2D eigenvalue weighted by molar-refractivity contribution is -0.910. The molecular formula is C32H61NO4S. The van der Waals surface area contributed by atoms with Gasteiger partial charge in [0.1, 0.15) is 16.7 Å². The molecule has 0 radical (unpaired) electrons. The van der Waals surface area contributed by atoms with Gasteiger partial charge in [-0.3, -0.25) is 0 Å². The standard InChI is InChI=1S/C25H54NO.C7H8O3S/c1-4-6-8-10-12-14-16-18-20-22-26(3,24-25-27)23-21-19-17-15-13-11-9-7-5-2;1-6-2-4-7(5-3-6)11(8,9)10/h27H,4-25H2,1-3H3;2-5H,1H3,(H,8,9,10)/q+1;/p-1. The van der Waals surface area contributed by atoms with E-state index < -0.39 is 10.1 Å². The average molecular weight is 556 g/mol. The number of rotatable bonds is 23. The molecule has 224 valence electrons. The van der Waals surface area contributed by atoms with E-state index >= 15 is 0 Å². The molecule has 0 spiro atoms. The van der Waals surface area contributed by atoms with Crippen molar-refractivity contribution < 1.29 is 22.6 Å². The Hall–Kier alpha value is -0.950. The van der Waals surface area contributed by atoms with E-state index in [1.54, 1.807) is 12.1 Å². The number of nitrogens with zero attached hydrogens (tertiary/aromatic N) is 1. The molecule has 0 unspecified atom stereocenters. The fourth-order valence-electron chi connectivity index (χ4n) is 4.89. The Kier molecular flexibility index (Phi) is 23.3. The third-order valence-electron chi connectivity index (χ3n) is 7.55. The first-order valence-corrected chi connectivity index (χ1v) is 17.1. The maximum absolute atomic E-state index is 10.4. The van der Waals surface area contributed by atoms with Crippen molar-refractivity contribution in [1.82, 2.24) is 0 Å². The van der Waals surface area contributed by atoms with Crippen LogP contribution in [0.25, 0.3) is 0 Å². The molecule has 0 atom stereocenters. The SMILES string of the molecule is CCCCCCCCCCC[N+](C)(CCO)CCCCCCCCCCC.Cc1ccc(S(=O)(=O)[O-])cc1. The van der Waals surface area contributed by atoms with Gasteiger partial charge in [-0.1, -0.05) is 121 Å². The molecule has 1 rings (SSSR count). The van der Waals surface area contributed by atoms with Crippen LogP contribution in [-0.4, -0.2) is 55.8 Å². The van der Waals surface area contributed by atoms with E-state index in [4.69, 9.17) is 0 Å². The largest absolute Gasteiger partial charge is 0.744 e. The Labute approximate surface area is 236 Å². The van der Waals surface area contributed by atoms with E-state index in [-0.39, 0.29) is 4.90 Å². The van der Waals surface area contributed by atoms with Crippen molar-refractivity contribution in [1.29, 1.82) is 0 Å². The summed E-state index contributed by atoms with van der Waals surface area (Å²) in [5.74, 6) is 0. The molecule has 6 heteroatoms. The number of quaternary nitrogens is 1. The highest BCUT2D eigenvalue weighted by molar-refractivity contribution is 7.85. The van der Waals surface area contributed by atoms with Crippen LogP contribution >= 0.6 is 0 Å². The summed E-state index contributed by atoms with van der Waals surface area (Å²) in [5, 5.41) is 9.47. The molecule has 0 aliphatic heterocycles. The predicted molar refractivity (Wildman–Crippen MR) is 161 cm³/mol. The quantitative estimate of drug-likeness (QED) is 0.0835. The summed E-state index contributed by atoms with van der Waals surface area (Å²) in [6.45, 7) is 10.2. The highest BCUT2D eigenvalue weighted by atomic mass is 32.2. The Bertz CT molecular complexity index is 727. The Balaban J connectivity index is 0.00000103. The van der Waals surface area contributed by atoms with E-state index in [1.807, 2.05) is 6.92 Å². The zero-order valence-electron chi connectivity index (χ0n) is 25.4. The summed E-state index contributed by atoms with van der Waals surface area (Å²) < 4.78 is 32.3. The topological polar surface area (TPSA) is 77.4 Å². The number of likely N-dealkylation sites (N-methyl/N-ethyl adjacent to an activating group) is 1. The van der Waals surface area contributed by atoms with E-state index in [1.165, 1.54) is 141 Å². The zero-order chi connectivity index (χ0) is 28.5. The second-order valence-corrected chi connectivity index (χ2v) is 12.8. The van der Waals surface area contributed by atoms with Crippen LogP contribution in [-0.2, 0) is 10.1 Å². The monoisotopic (exact) mass is 555 g/mol. The summed E-state index contributed by atoms with van der Waals surface area (Å²) >= 11 is 0. The second kappa shape index (κ2) is 23.9. The van der Waals surface area contributed by atoms with Crippen molar-refractivity contribution in [2.24, 2.45) is 0 Å². The lowest BCUT2D eigenvalue weighted by Crippen LogP contribution is -2.47. The highest BCUT2D eigenvalue weighted by Crippen LogP contribution is 2.15. The Morgan fingerprint density at radius 2 is 0.974 bits per heavy atom. The van der Waals surface area contributed by atoms with Gasteiger partial charge in [-0.05, 0) is 44.7 Å². The van der Waals surface area contributed by atoms with Crippen molar-refractivity contribution in [2.75, 3.05) is 33.3 Å². The Morgan fingerprint density at radius 1 is 0.632 bits per heavy atom. The first kappa shape index (κ1) is 37.0.